The Kier molecular flexibility index (Phi) is 4.67. The fourth-order valence-corrected chi connectivity index (χ4v) is 4.15. The number of likely N-dealkylation sites (N-methyl/N-ethyl adjacent to an activating group) is 1. The van der Waals surface area contributed by atoms with Gasteiger partial charge in [-0.25, -0.2) is 9.97 Å². The zero-order chi connectivity index (χ0) is 13.9. The summed E-state index contributed by atoms with van der Waals surface area (Å²) in [6, 6.07) is 2.65. The van der Waals surface area contributed by atoms with Crippen LogP contribution >= 0.6 is 30.3 Å². The Balaban J connectivity index is 2.00. The van der Waals surface area contributed by atoms with Crippen LogP contribution in [0.3, 0.4) is 0 Å². The summed E-state index contributed by atoms with van der Waals surface area (Å²) in [5, 5.41) is 4.63. The van der Waals surface area contributed by atoms with Crippen molar-refractivity contribution in [3.8, 4) is 0 Å². The van der Waals surface area contributed by atoms with E-state index in [2.05, 4.69) is 64.5 Å². The summed E-state index contributed by atoms with van der Waals surface area (Å²) in [4.78, 5) is 11.4. The number of rotatable bonds is 4. The monoisotopic (exact) mass is 403 g/mol. The van der Waals surface area contributed by atoms with E-state index in [1.54, 1.807) is 15.4 Å². The largest absolute Gasteiger partial charge is 0.352 e. The Morgan fingerprint density at radius 3 is 3.15 bits per heavy atom. The van der Waals surface area contributed by atoms with E-state index in [1.165, 1.54) is 12.8 Å². The third-order valence-corrected chi connectivity index (χ3v) is 5.54. The van der Waals surface area contributed by atoms with Gasteiger partial charge in [0, 0.05) is 55.7 Å². The van der Waals surface area contributed by atoms with Crippen LogP contribution < -0.4 is 10.2 Å². The fourth-order valence-electron chi connectivity index (χ4n) is 2.88. The van der Waals surface area contributed by atoms with E-state index in [0.29, 0.717) is 6.04 Å². The van der Waals surface area contributed by atoms with Crippen LogP contribution in [0.2, 0.25) is 0 Å². The molecule has 0 aromatic carbocycles. The minimum Gasteiger partial charge on any atom is -0.352 e. The smallest absolute Gasteiger partial charge is 0.156 e. The molecule has 5 nitrogen and oxygen atoms in total. The number of nitrogens with zero attached hydrogens (tertiary/aromatic N) is 4. The molecule has 1 N–H and O–H groups in total. The molecule has 1 aliphatic heterocycles. The number of hydrogen-bond acceptors (Lipinski definition) is 5. The SMILES string of the molecule is CCN(c1ncnc2c1ccn2SI)C1CCCNC1. The average molecular weight is 403 g/mol. The number of hydrogen-bond donors (Lipinski definition) is 1. The van der Waals surface area contributed by atoms with E-state index in [0.717, 1.165) is 36.5 Å². The van der Waals surface area contributed by atoms with E-state index in [4.69, 9.17) is 0 Å². The van der Waals surface area contributed by atoms with Crippen LogP contribution in [0.1, 0.15) is 19.8 Å². The lowest BCUT2D eigenvalue weighted by atomic mass is 10.1. The van der Waals surface area contributed by atoms with E-state index in [-0.39, 0.29) is 0 Å². The molecule has 1 saturated heterocycles. The van der Waals surface area contributed by atoms with Gasteiger partial charge in [-0.3, -0.25) is 3.97 Å². The lowest BCUT2D eigenvalue weighted by Gasteiger charge is -2.35. The third kappa shape index (κ3) is 2.62. The van der Waals surface area contributed by atoms with Gasteiger partial charge in [0.05, 0.1) is 5.39 Å². The Morgan fingerprint density at radius 1 is 1.55 bits per heavy atom. The predicted molar refractivity (Wildman–Crippen MR) is 93.4 cm³/mol. The van der Waals surface area contributed by atoms with Crippen molar-refractivity contribution in [2.45, 2.75) is 25.8 Å². The Bertz CT molecular complexity index is 581. The van der Waals surface area contributed by atoms with Gasteiger partial charge in [-0.2, -0.15) is 0 Å². The number of halogens is 1. The Morgan fingerprint density at radius 2 is 2.45 bits per heavy atom. The highest BCUT2D eigenvalue weighted by Gasteiger charge is 2.23. The van der Waals surface area contributed by atoms with Gasteiger partial charge in [0.1, 0.15) is 12.1 Å². The first kappa shape index (κ1) is 14.4. The molecule has 20 heavy (non-hydrogen) atoms. The molecule has 2 aromatic rings. The van der Waals surface area contributed by atoms with Crippen LogP contribution in [0.25, 0.3) is 11.0 Å². The summed E-state index contributed by atoms with van der Waals surface area (Å²) < 4.78 is 2.08. The van der Waals surface area contributed by atoms with E-state index < -0.39 is 0 Å². The average Bonchev–Trinajstić information content (AvgIpc) is 2.93. The summed E-state index contributed by atoms with van der Waals surface area (Å²) in [5.74, 6) is 1.07. The molecule has 7 heteroatoms. The van der Waals surface area contributed by atoms with Crippen LogP contribution in [0.5, 0.6) is 0 Å². The summed E-state index contributed by atoms with van der Waals surface area (Å²) in [7, 11) is 1.63. The number of nitrogens with one attached hydrogen (secondary N) is 1. The molecular formula is C13H18IN5S. The topological polar surface area (TPSA) is 46.0 Å². The molecule has 3 heterocycles. The highest BCUT2D eigenvalue weighted by molar-refractivity contribution is 14.2. The van der Waals surface area contributed by atoms with Gasteiger partial charge in [0.25, 0.3) is 0 Å². The molecule has 1 unspecified atom stereocenters. The maximum absolute atomic E-state index is 4.56. The lowest BCUT2D eigenvalue weighted by Crippen LogP contribution is -2.46. The van der Waals surface area contributed by atoms with Gasteiger partial charge in [0.2, 0.25) is 0 Å². The summed E-state index contributed by atoms with van der Waals surface area (Å²) in [5.41, 5.74) is 0.997. The minimum absolute atomic E-state index is 0.530. The van der Waals surface area contributed by atoms with Crippen LogP contribution in [-0.4, -0.2) is 39.6 Å². The number of fused-ring (bicyclic) bond motifs is 1. The van der Waals surface area contributed by atoms with Crippen molar-refractivity contribution >= 4 is 47.2 Å². The van der Waals surface area contributed by atoms with Crippen LogP contribution in [0, 0.1) is 0 Å². The molecule has 1 aliphatic rings. The van der Waals surface area contributed by atoms with E-state index in [1.807, 2.05) is 0 Å². The molecule has 0 bridgehead atoms. The van der Waals surface area contributed by atoms with E-state index >= 15 is 0 Å². The second kappa shape index (κ2) is 6.48. The molecule has 0 saturated carbocycles. The maximum Gasteiger partial charge on any atom is 0.156 e. The van der Waals surface area contributed by atoms with Crippen molar-refractivity contribution in [2.24, 2.45) is 0 Å². The van der Waals surface area contributed by atoms with Crippen molar-refractivity contribution < 1.29 is 0 Å². The summed E-state index contributed by atoms with van der Waals surface area (Å²) in [6.07, 6.45) is 6.21. The predicted octanol–water partition coefficient (Wildman–Crippen LogP) is 2.86. The quantitative estimate of drug-likeness (QED) is 0.796. The molecule has 2 aromatic heterocycles. The van der Waals surface area contributed by atoms with Gasteiger partial charge in [0.15, 0.2) is 5.65 Å². The van der Waals surface area contributed by atoms with Crippen molar-refractivity contribution in [3.63, 3.8) is 0 Å². The second-order valence-corrected chi connectivity index (χ2v) is 6.64. The third-order valence-electron chi connectivity index (χ3n) is 3.83. The van der Waals surface area contributed by atoms with Gasteiger partial charge in [-0.15, -0.1) is 0 Å². The highest BCUT2D eigenvalue weighted by Crippen LogP contribution is 2.30. The second-order valence-electron chi connectivity index (χ2n) is 4.93. The first-order valence-electron chi connectivity index (χ1n) is 6.93. The molecular weight excluding hydrogens is 385 g/mol. The van der Waals surface area contributed by atoms with Crippen LogP contribution in [-0.2, 0) is 0 Å². The highest BCUT2D eigenvalue weighted by atomic mass is 127. The van der Waals surface area contributed by atoms with Gasteiger partial charge >= 0.3 is 0 Å². The van der Waals surface area contributed by atoms with Crippen molar-refractivity contribution in [1.29, 1.82) is 0 Å². The zero-order valence-corrected chi connectivity index (χ0v) is 14.4. The van der Waals surface area contributed by atoms with Gasteiger partial charge in [-0.1, -0.05) is 0 Å². The number of piperidine rings is 1. The van der Waals surface area contributed by atoms with Crippen molar-refractivity contribution in [3.05, 3.63) is 18.6 Å². The molecule has 1 fully saturated rings. The number of anilines is 1. The van der Waals surface area contributed by atoms with Crippen LogP contribution in [0.4, 0.5) is 5.82 Å². The number of aromatic nitrogens is 3. The Labute approximate surface area is 135 Å². The summed E-state index contributed by atoms with van der Waals surface area (Å²) >= 11 is 2.28. The zero-order valence-electron chi connectivity index (χ0n) is 11.4. The van der Waals surface area contributed by atoms with Gasteiger partial charge < -0.3 is 10.2 Å². The van der Waals surface area contributed by atoms with Crippen LogP contribution in [0.15, 0.2) is 18.6 Å². The first-order valence-corrected chi connectivity index (χ1v) is 10.2. The van der Waals surface area contributed by atoms with Gasteiger partial charge in [-0.05, 0) is 32.4 Å². The maximum atomic E-state index is 4.56. The fraction of sp³-hybridized carbons (Fsp3) is 0.538. The molecule has 1 atom stereocenters. The first-order chi connectivity index (χ1) is 9.85. The normalized spacial score (nSPS) is 19.4. The molecule has 0 aliphatic carbocycles. The molecule has 0 radical (unpaired) electrons. The van der Waals surface area contributed by atoms with Crippen molar-refractivity contribution in [1.82, 2.24) is 19.3 Å². The minimum atomic E-state index is 0.530. The van der Waals surface area contributed by atoms with Crippen molar-refractivity contribution in [2.75, 3.05) is 24.5 Å². The molecule has 108 valence electrons. The summed E-state index contributed by atoms with van der Waals surface area (Å²) in [6.45, 7) is 5.35. The Hall–Kier alpha value is -0.540. The lowest BCUT2D eigenvalue weighted by molar-refractivity contribution is 0.434. The van der Waals surface area contributed by atoms with E-state index in [9.17, 15) is 0 Å². The molecule has 3 rings (SSSR count). The molecule has 0 spiro atoms. The molecule has 0 amide bonds. The standard InChI is InChI=1S/C13H18IN5S/c1-2-18(10-4-3-6-15-8-10)12-11-5-7-19(20-14)13(11)17-9-16-12/h5,7,9-10,15H,2-4,6,8H2,1H3.